The number of amides is 1. The van der Waals surface area contributed by atoms with Crippen LogP contribution in [0, 0.1) is 23.2 Å². The molecule has 0 aliphatic carbocycles. The van der Waals surface area contributed by atoms with Gasteiger partial charge in [0.25, 0.3) is 0 Å². The second-order valence-corrected chi connectivity index (χ2v) is 9.18. The summed E-state index contributed by atoms with van der Waals surface area (Å²) in [5, 5.41) is 0. The molecular weight excluding hydrogens is 354 g/mol. The van der Waals surface area contributed by atoms with E-state index in [1.807, 2.05) is 34.6 Å². The smallest absolute Gasteiger partial charge is 0.226 e. The van der Waals surface area contributed by atoms with Gasteiger partial charge in [-0.05, 0) is 24.2 Å². The predicted octanol–water partition coefficient (Wildman–Crippen LogP) is 4.00. The van der Waals surface area contributed by atoms with Crippen molar-refractivity contribution >= 4 is 23.3 Å². The fraction of sp³-hybridized carbons (Fsp3) is 0.739. The highest BCUT2D eigenvalue weighted by Gasteiger charge is 2.46. The molecule has 158 valence electrons. The monoisotopic (exact) mass is 391 g/mol. The van der Waals surface area contributed by atoms with Crippen LogP contribution in [0.2, 0.25) is 0 Å². The molecule has 4 atom stereocenters. The number of rotatable bonds is 10. The van der Waals surface area contributed by atoms with Gasteiger partial charge in [0.1, 0.15) is 0 Å². The van der Waals surface area contributed by atoms with Crippen molar-refractivity contribution in [3.8, 4) is 0 Å². The largest absolute Gasteiger partial charge is 0.331 e. The lowest BCUT2D eigenvalue weighted by atomic mass is 9.82. The maximum absolute atomic E-state index is 13.3. The molecule has 1 saturated heterocycles. The SMILES string of the molecule is C=C(C(=O)[C@@H]1CC(C)(C)CN1C(=O)C(C)[C@@H](C)CC)[C@@H](CCC)C(=O)C(C)=O. The van der Waals surface area contributed by atoms with E-state index in [-0.39, 0.29) is 34.5 Å². The van der Waals surface area contributed by atoms with Crippen LogP contribution in [0.25, 0.3) is 0 Å². The summed E-state index contributed by atoms with van der Waals surface area (Å²) >= 11 is 0. The van der Waals surface area contributed by atoms with Gasteiger partial charge in [-0.1, -0.05) is 61.0 Å². The molecule has 28 heavy (non-hydrogen) atoms. The third-order valence-electron chi connectivity index (χ3n) is 6.17. The van der Waals surface area contributed by atoms with Gasteiger partial charge in [-0.25, -0.2) is 0 Å². The molecule has 1 aliphatic rings. The summed E-state index contributed by atoms with van der Waals surface area (Å²) in [6.45, 7) is 17.6. The van der Waals surface area contributed by atoms with E-state index >= 15 is 0 Å². The molecule has 1 fully saturated rings. The van der Waals surface area contributed by atoms with Gasteiger partial charge >= 0.3 is 0 Å². The number of carbonyl (C=O) groups is 4. The molecule has 0 spiro atoms. The van der Waals surface area contributed by atoms with Gasteiger partial charge in [0.05, 0.1) is 12.0 Å². The Bertz CT molecular complexity index is 649. The number of carbonyl (C=O) groups excluding carboxylic acids is 4. The van der Waals surface area contributed by atoms with Gasteiger partial charge in [0.2, 0.25) is 11.7 Å². The van der Waals surface area contributed by atoms with Crippen molar-refractivity contribution in [3.05, 3.63) is 12.2 Å². The zero-order chi connectivity index (χ0) is 21.8. The number of hydrogen-bond acceptors (Lipinski definition) is 4. The Morgan fingerprint density at radius 3 is 2.18 bits per heavy atom. The second kappa shape index (κ2) is 9.62. The Balaban J connectivity index is 3.16. The predicted molar refractivity (Wildman–Crippen MR) is 111 cm³/mol. The summed E-state index contributed by atoms with van der Waals surface area (Å²) in [6, 6.07) is -0.611. The molecule has 5 nitrogen and oxygen atoms in total. The first-order valence-electron chi connectivity index (χ1n) is 10.5. The molecule has 1 rings (SSSR count). The highest BCUT2D eigenvalue weighted by molar-refractivity contribution is 6.38. The van der Waals surface area contributed by atoms with Crippen LogP contribution in [0.3, 0.4) is 0 Å². The molecule has 0 bridgehead atoms. The first kappa shape index (κ1) is 24.3. The van der Waals surface area contributed by atoms with Crippen molar-refractivity contribution in [2.75, 3.05) is 6.54 Å². The van der Waals surface area contributed by atoms with Crippen molar-refractivity contribution < 1.29 is 19.2 Å². The van der Waals surface area contributed by atoms with Crippen LogP contribution >= 0.6 is 0 Å². The summed E-state index contributed by atoms with van der Waals surface area (Å²) in [7, 11) is 0. The molecule has 1 unspecified atom stereocenters. The average molecular weight is 392 g/mol. The molecule has 0 radical (unpaired) electrons. The van der Waals surface area contributed by atoms with Crippen LogP contribution in [-0.2, 0) is 19.2 Å². The maximum atomic E-state index is 13.3. The second-order valence-electron chi connectivity index (χ2n) is 9.18. The van der Waals surface area contributed by atoms with Crippen LogP contribution < -0.4 is 0 Å². The van der Waals surface area contributed by atoms with Gasteiger partial charge < -0.3 is 4.90 Å². The highest BCUT2D eigenvalue weighted by atomic mass is 16.2. The fourth-order valence-corrected chi connectivity index (χ4v) is 3.98. The van der Waals surface area contributed by atoms with E-state index < -0.39 is 23.5 Å². The van der Waals surface area contributed by atoms with E-state index in [0.717, 1.165) is 6.42 Å². The number of nitrogens with zero attached hydrogens (tertiary/aromatic N) is 1. The van der Waals surface area contributed by atoms with Crippen molar-refractivity contribution in [3.63, 3.8) is 0 Å². The molecule has 0 aromatic rings. The van der Waals surface area contributed by atoms with Gasteiger partial charge in [-0.2, -0.15) is 0 Å². The van der Waals surface area contributed by atoms with Gasteiger partial charge in [0.15, 0.2) is 11.6 Å². The average Bonchev–Trinajstić information content (AvgIpc) is 2.97. The van der Waals surface area contributed by atoms with E-state index in [4.69, 9.17) is 0 Å². The maximum Gasteiger partial charge on any atom is 0.226 e. The number of Topliss-reactive ketones (excluding diaryl/α,β-unsaturated/α-hetero) is 3. The standard InChI is InChI=1S/C23H37NO4/c1-9-11-18(21(27)17(6)25)16(5)20(26)19-12-23(7,8)13-24(19)22(28)15(4)14(3)10-2/h14-15,18-19H,5,9-13H2,1-4,6-8H3/t14-,15?,18+,19-/m0/s1. The number of likely N-dealkylation sites (tertiary alicyclic amines) is 1. The Morgan fingerprint density at radius 1 is 1.14 bits per heavy atom. The number of ketones is 3. The van der Waals surface area contributed by atoms with Gasteiger partial charge in [0, 0.05) is 25.0 Å². The van der Waals surface area contributed by atoms with Crippen LogP contribution in [0.4, 0.5) is 0 Å². The van der Waals surface area contributed by atoms with Crippen LogP contribution in [0.15, 0.2) is 12.2 Å². The minimum absolute atomic E-state index is 0.0176. The van der Waals surface area contributed by atoms with E-state index in [0.29, 0.717) is 25.8 Å². The van der Waals surface area contributed by atoms with E-state index in [2.05, 4.69) is 13.5 Å². The van der Waals surface area contributed by atoms with Crippen LogP contribution in [0.5, 0.6) is 0 Å². The Kier molecular flexibility index (Phi) is 8.33. The van der Waals surface area contributed by atoms with Crippen LogP contribution in [0.1, 0.15) is 74.1 Å². The zero-order valence-corrected chi connectivity index (χ0v) is 18.6. The summed E-state index contributed by atoms with van der Waals surface area (Å²) in [5.74, 6) is -2.15. The molecule has 0 aromatic carbocycles. The van der Waals surface area contributed by atoms with Gasteiger partial charge in [-0.15, -0.1) is 0 Å². The number of hydrogen-bond donors (Lipinski definition) is 0. The van der Waals surface area contributed by atoms with E-state index in [1.54, 1.807) is 4.90 Å². The lowest BCUT2D eigenvalue weighted by Gasteiger charge is -2.30. The van der Waals surface area contributed by atoms with E-state index in [9.17, 15) is 19.2 Å². The summed E-state index contributed by atoms with van der Waals surface area (Å²) in [5.41, 5.74) is -0.0187. The molecule has 0 N–H and O–H groups in total. The Morgan fingerprint density at radius 2 is 1.71 bits per heavy atom. The van der Waals surface area contributed by atoms with Crippen molar-refractivity contribution in [1.29, 1.82) is 0 Å². The first-order chi connectivity index (χ1) is 12.9. The van der Waals surface area contributed by atoms with Crippen molar-refractivity contribution in [2.45, 2.75) is 80.2 Å². The molecule has 0 aromatic heterocycles. The molecular formula is C23H37NO4. The topological polar surface area (TPSA) is 71.5 Å². The highest BCUT2D eigenvalue weighted by Crippen LogP contribution is 2.38. The van der Waals surface area contributed by atoms with Crippen LogP contribution in [-0.4, -0.2) is 40.7 Å². The van der Waals surface area contributed by atoms with Crippen molar-refractivity contribution in [2.24, 2.45) is 23.2 Å². The molecule has 0 saturated carbocycles. The van der Waals surface area contributed by atoms with E-state index in [1.165, 1.54) is 6.92 Å². The molecule has 1 aliphatic heterocycles. The Labute approximate surface area is 169 Å². The lowest BCUT2D eigenvalue weighted by Crippen LogP contribution is -2.45. The van der Waals surface area contributed by atoms with Crippen molar-refractivity contribution in [1.82, 2.24) is 4.90 Å². The minimum atomic E-state index is -0.789. The third kappa shape index (κ3) is 5.39. The summed E-state index contributed by atoms with van der Waals surface area (Å²) in [6.07, 6.45) is 2.51. The first-order valence-corrected chi connectivity index (χ1v) is 10.5. The molecule has 1 heterocycles. The fourth-order valence-electron chi connectivity index (χ4n) is 3.98. The van der Waals surface area contributed by atoms with Gasteiger partial charge in [-0.3, -0.25) is 19.2 Å². The molecule has 5 heteroatoms. The normalized spacial score (nSPS) is 21.7. The Hall–Kier alpha value is -1.78. The zero-order valence-electron chi connectivity index (χ0n) is 18.6. The summed E-state index contributed by atoms with van der Waals surface area (Å²) in [4.78, 5) is 52.1. The minimum Gasteiger partial charge on any atom is -0.331 e. The quantitative estimate of drug-likeness (QED) is 0.417. The lowest BCUT2D eigenvalue weighted by molar-refractivity contribution is -0.141. The molecule has 1 amide bonds. The third-order valence-corrected chi connectivity index (χ3v) is 6.17. The summed E-state index contributed by atoms with van der Waals surface area (Å²) < 4.78 is 0.